The van der Waals surface area contributed by atoms with Crippen LogP contribution in [-0.2, 0) is 16.2 Å². The number of rotatable bonds is 8. The highest BCUT2D eigenvalue weighted by Crippen LogP contribution is 2.51. The van der Waals surface area contributed by atoms with Gasteiger partial charge in [-0.05, 0) is 201 Å². The molecule has 4 nitrogen and oxygen atoms in total. The first-order valence-electron chi connectivity index (χ1n) is 31.6. The predicted molar refractivity (Wildman–Crippen MR) is 386 cm³/mol. The third kappa shape index (κ3) is 9.40. The van der Waals surface area contributed by atoms with Gasteiger partial charge in [0.25, 0.3) is 6.71 Å². The zero-order valence-electron chi connectivity index (χ0n) is 53.3. The average molecular weight is 1170 g/mol. The molecule has 89 heavy (non-hydrogen) atoms. The zero-order valence-corrected chi connectivity index (χ0v) is 54.1. The molecular formula is C83H75BN4S. The van der Waals surface area contributed by atoms with Crippen molar-refractivity contribution in [2.75, 3.05) is 14.7 Å². The van der Waals surface area contributed by atoms with Crippen LogP contribution in [0.2, 0.25) is 0 Å². The van der Waals surface area contributed by atoms with Gasteiger partial charge >= 0.3 is 0 Å². The Morgan fingerprint density at radius 3 is 1.53 bits per heavy atom. The Morgan fingerprint density at radius 1 is 0.371 bits per heavy atom. The first-order valence-corrected chi connectivity index (χ1v) is 32.4. The molecule has 0 radical (unpaired) electrons. The summed E-state index contributed by atoms with van der Waals surface area (Å²) in [5.41, 5.74) is 29.2. The van der Waals surface area contributed by atoms with Crippen LogP contribution >= 0.6 is 11.3 Å². The maximum atomic E-state index is 2.62. The number of nitrogens with zero attached hydrogens (tertiary/aromatic N) is 4. The third-order valence-electron chi connectivity index (χ3n) is 18.9. The van der Waals surface area contributed by atoms with Crippen molar-refractivity contribution in [1.29, 1.82) is 0 Å². The minimum absolute atomic E-state index is 0.00890. The summed E-state index contributed by atoms with van der Waals surface area (Å²) in [7, 11) is 0. The number of aryl methyl sites for hydroxylation is 3. The van der Waals surface area contributed by atoms with E-state index in [4.69, 9.17) is 0 Å². The lowest BCUT2D eigenvalue weighted by molar-refractivity contribution is 0.590. The van der Waals surface area contributed by atoms with Crippen molar-refractivity contribution < 1.29 is 0 Å². The van der Waals surface area contributed by atoms with E-state index in [2.05, 4.69) is 339 Å². The van der Waals surface area contributed by atoms with Crippen LogP contribution in [-0.4, -0.2) is 11.3 Å². The average Bonchev–Trinajstić information content (AvgIpc) is 1.33. The second-order valence-corrected chi connectivity index (χ2v) is 29.1. The van der Waals surface area contributed by atoms with Gasteiger partial charge in [-0.3, -0.25) is 0 Å². The largest absolute Gasteiger partial charge is 0.311 e. The Hall–Kier alpha value is -9.36. The fourth-order valence-electron chi connectivity index (χ4n) is 14.4. The van der Waals surface area contributed by atoms with E-state index in [9.17, 15) is 0 Å². The number of para-hydroxylation sites is 2. The molecule has 0 fully saturated rings. The van der Waals surface area contributed by atoms with Gasteiger partial charge in [-0.25, -0.2) is 0 Å². The molecule has 0 bridgehead atoms. The molecule has 0 aliphatic carbocycles. The molecule has 0 unspecified atom stereocenters. The fourth-order valence-corrected chi connectivity index (χ4v) is 15.8. The number of thiophene rings is 1. The molecule has 0 saturated carbocycles. The molecule has 0 amide bonds. The summed E-state index contributed by atoms with van der Waals surface area (Å²) in [6, 6.07) is 89.9. The summed E-state index contributed by atoms with van der Waals surface area (Å²) >= 11 is 1.91. The van der Waals surface area contributed by atoms with Crippen LogP contribution in [0.25, 0.3) is 59.1 Å². The maximum absolute atomic E-state index is 2.62. The molecule has 436 valence electrons. The molecule has 11 aromatic carbocycles. The van der Waals surface area contributed by atoms with Crippen molar-refractivity contribution in [2.45, 2.75) is 99.3 Å². The van der Waals surface area contributed by atoms with Gasteiger partial charge in [0.15, 0.2) is 0 Å². The van der Waals surface area contributed by atoms with Gasteiger partial charge in [-0.2, -0.15) is 0 Å². The lowest BCUT2D eigenvalue weighted by Gasteiger charge is -2.45. The van der Waals surface area contributed by atoms with Gasteiger partial charge in [-0.15, -0.1) is 11.3 Å². The number of benzene rings is 11. The van der Waals surface area contributed by atoms with Crippen LogP contribution in [0, 0.1) is 20.8 Å². The molecule has 6 heteroatoms. The van der Waals surface area contributed by atoms with Gasteiger partial charge < -0.3 is 19.3 Å². The smallest absolute Gasteiger partial charge is 0.252 e. The number of anilines is 9. The molecule has 13 aromatic rings. The number of hydrogen-bond acceptors (Lipinski definition) is 4. The summed E-state index contributed by atoms with van der Waals surface area (Å²) in [6.45, 7) is 27.7. The summed E-state index contributed by atoms with van der Waals surface area (Å²) in [4.78, 5) is 9.01. The lowest BCUT2D eigenvalue weighted by atomic mass is 9.33. The van der Waals surface area contributed by atoms with Crippen molar-refractivity contribution in [3.05, 3.63) is 270 Å². The van der Waals surface area contributed by atoms with Gasteiger partial charge in [-0.1, -0.05) is 196 Å². The van der Waals surface area contributed by atoms with Crippen molar-refractivity contribution in [2.24, 2.45) is 0 Å². The maximum Gasteiger partial charge on any atom is 0.252 e. The van der Waals surface area contributed by atoms with Gasteiger partial charge in [0.05, 0.1) is 11.0 Å². The molecule has 0 spiro atoms. The first kappa shape index (κ1) is 56.2. The summed E-state index contributed by atoms with van der Waals surface area (Å²) in [6.07, 6.45) is 0. The van der Waals surface area contributed by atoms with Gasteiger partial charge in [0, 0.05) is 88.2 Å². The molecule has 0 saturated heterocycles. The number of aromatic nitrogens is 1. The van der Waals surface area contributed by atoms with E-state index in [1.54, 1.807) is 0 Å². The highest BCUT2D eigenvalue weighted by Gasteiger charge is 2.44. The van der Waals surface area contributed by atoms with E-state index < -0.39 is 0 Å². The van der Waals surface area contributed by atoms with Crippen molar-refractivity contribution in [3.63, 3.8) is 0 Å². The molecule has 2 aromatic heterocycles. The molecule has 2 aliphatic heterocycles. The standard InChI is InChI=1S/C83H75BN4S/c1-52-45-74-79-75(46-52)88(64-47-53(2)77(54(3)48-64)80-78(55-23-15-13-16-24-55)67-28-20-22-30-76(67)89-80)72-49-58(83(10,11)12)35-43-68(72)84(79)69-44-41-63(51-73(69)87(74)61-38-33-57(34-39-61)82(7,8)9)85(60-36-31-56(32-37-60)81(4,5)6)62-40-42-66-65-27-19-21-29-70(65)86(71(66)50-62)59-25-17-14-18-26-59/h13-51H,1-12H3. The minimum Gasteiger partial charge on any atom is -0.311 e. The SMILES string of the molecule is Cc1cc2c3c(c1)N(c1cc(C)c(-c4sc5ccccc5c4-c4ccccc4)c(C)c1)c1cc(C(C)(C)C)ccc1B3c1ccc(N(c3ccc(C(C)(C)C)cc3)c3ccc4c5ccccc5n(-c5ccccc5)c4c3)cc1N2c1ccc(C(C)(C)C)cc1. The van der Waals surface area contributed by atoms with Crippen LogP contribution in [0.3, 0.4) is 0 Å². The van der Waals surface area contributed by atoms with E-state index in [1.165, 1.54) is 126 Å². The molecule has 15 rings (SSSR count). The van der Waals surface area contributed by atoms with E-state index in [0.717, 1.165) is 34.0 Å². The number of fused-ring (bicyclic) bond motifs is 8. The molecular weight excluding hydrogens is 1100 g/mol. The van der Waals surface area contributed by atoms with Crippen molar-refractivity contribution in [1.82, 2.24) is 4.57 Å². The normalized spacial score (nSPS) is 13.1. The highest BCUT2D eigenvalue weighted by molar-refractivity contribution is 7.23. The van der Waals surface area contributed by atoms with Crippen LogP contribution < -0.4 is 31.1 Å². The fraction of sp³-hybridized carbons (Fsp3) is 0.181. The van der Waals surface area contributed by atoms with Crippen molar-refractivity contribution >= 4 is 118 Å². The predicted octanol–water partition coefficient (Wildman–Crippen LogP) is 21.7. The molecule has 0 atom stereocenters. The van der Waals surface area contributed by atoms with E-state index in [-0.39, 0.29) is 23.0 Å². The minimum atomic E-state index is -0.0914. The van der Waals surface area contributed by atoms with Gasteiger partial charge in [0.2, 0.25) is 0 Å². The van der Waals surface area contributed by atoms with E-state index >= 15 is 0 Å². The summed E-state index contributed by atoms with van der Waals surface area (Å²) in [5, 5.41) is 3.77. The summed E-state index contributed by atoms with van der Waals surface area (Å²) in [5.74, 6) is 0. The number of hydrogen-bond donors (Lipinski definition) is 0. The van der Waals surface area contributed by atoms with Crippen molar-refractivity contribution in [3.8, 4) is 27.3 Å². The van der Waals surface area contributed by atoms with Crippen LogP contribution in [0.15, 0.2) is 237 Å². The van der Waals surface area contributed by atoms with Crippen LogP contribution in [0.5, 0.6) is 0 Å². The Bertz CT molecular complexity index is 4910. The monoisotopic (exact) mass is 1170 g/mol. The van der Waals surface area contributed by atoms with Gasteiger partial charge in [0.1, 0.15) is 0 Å². The quantitative estimate of drug-likeness (QED) is 0.141. The highest BCUT2D eigenvalue weighted by atomic mass is 32.1. The molecule has 2 aliphatic rings. The second kappa shape index (κ2) is 20.9. The second-order valence-electron chi connectivity index (χ2n) is 28.0. The van der Waals surface area contributed by atoms with Crippen LogP contribution in [0.4, 0.5) is 51.2 Å². The third-order valence-corrected chi connectivity index (χ3v) is 20.1. The Morgan fingerprint density at radius 2 is 0.876 bits per heavy atom. The molecule has 0 N–H and O–H groups in total. The Balaban J connectivity index is 0.963. The van der Waals surface area contributed by atoms with Crippen LogP contribution in [0.1, 0.15) is 95.7 Å². The lowest BCUT2D eigenvalue weighted by Crippen LogP contribution is -2.61. The zero-order chi connectivity index (χ0) is 61.4. The summed E-state index contributed by atoms with van der Waals surface area (Å²) < 4.78 is 3.74. The Labute approximate surface area is 530 Å². The van der Waals surface area contributed by atoms with E-state index in [1.807, 2.05) is 11.3 Å². The topological polar surface area (TPSA) is 14.7 Å². The van der Waals surface area contributed by atoms with E-state index in [0.29, 0.717) is 0 Å². The molecule has 4 heterocycles. The Kier molecular flexibility index (Phi) is 13.2. The first-order chi connectivity index (χ1) is 42.8.